The van der Waals surface area contributed by atoms with Crippen molar-refractivity contribution in [2.45, 2.75) is 19.4 Å². The van der Waals surface area contributed by atoms with E-state index in [2.05, 4.69) is 14.6 Å². The molecule has 0 radical (unpaired) electrons. The summed E-state index contributed by atoms with van der Waals surface area (Å²) in [6.07, 6.45) is 7.81. The normalized spacial score (nSPS) is 17.0. The molecule has 4 aromatic rings. The Hall–Kier alpha value is -3.48. The number of amides is 1. The van der Waals surface area contributed by atoms with Gasteiger partial charge in [-0.25, -0.2) is 14.5 Å². The summed E-state index contributed by atoms with van der Waals surface area (Å²) in [5.41, 5.74) is 4.56. The van der Waals surface area contributed by atoms with E-state index in [4.69, 9.17) is 4.98 Å². The van der Waals surface area contributed by atoms with Gasteiger partial charge < -0.3 is 9.47 Å². The molecule has 28 heavy (non-hydrogen) atoms. The van der Waals surface area contributed by atoms with Crippen LogP contribution in [0.3, 0.4) is 0 Å². The third kappa shape index (κ3) is 2.58. The Kier molecular flexibility index (Phi) is 3.93. The molecule has 1 aromatic carbocycles. The second-order valence-electron chi connectivity index (χ2n) is 6.95. The number of rotatable bonds is 4. The van der Waals surface area contributed by atoms with Crippen molar-refractivity contribution in [2.24, 2.45) is 0 Å². The zero-order valence-electron chi connectivity index (χ0n) is 15.6. The summed E-state index contributed by atoms with van der Waals surface area (Å²) in [6.45, 7) is 3.43. The predicted molar refractivity (Wildman–Crippen MR) is 106 cm³/mol. The Morgan fingerprint density at radius 2 is 2.00 bits per heavy atom. The molecule has 1 saturated heterocycles. The first-order valence-corrected chi connectivity index (χ1v) is 9.45. The van der Waals surface area contributed by atoms with Gasteiger partial charge in [0.25, 0.3) is 0 Å². The zero-order chi connectivity index (χ0) is 19.1. The SMILES string of the molecule is CCN1C[C@H](n2cnc(-c3ccccc3)c2-c2cnn3cccnc23)CC1=O. The van der Waals surface area contributed by atoms with Crippen LogP contribution in [0, 0.1) is 0 Å². The Balaban J connectivity index is 1.71. The highest BCUT2D eigenvalue weighted by Crippen LogP contribution is 2.37. The predicted octanol–water partition coefficient (Wildman–Crippen LogP) is 3.05. The first kappa shape index (κ1) is 16.7. The fourth-order valence-corrected chi connectivity index (χ4v) is 3.95. The van der Waals surface area contributed by atoms with Crippen molar-refractivity contribution in [3.05, 3.63) is 61.3 Å². The Morgan fingerprint density at radius 1 is 1.14 bits per heavy atom. The van der Waals surface area contributed by atoms with Gasteiger partial charge in [-0.3, -0.25) is 4.79 Å². The molecule has 1 amide bonds. The highest BCUT2D eigenvalue weighted by Gasteiger charge is 2.32. The summed E-state index contributed by atoms with van der Waals surface area (Å²) in [5, 5.41) is 4.46. The molecular weight excluding hydrogens is 352 g/mol. The smallest absolute Gasteiger partial charge is 0.224 e. The monoisotopic (exact) mass is 372 g/mol. The van der Waals surface area contributed by atoms with Gasteiger partial charge >= 0.3 is 0 Å². The largest absolute Gasteiger partial charge is 0.341 e. The van der Waals surface area contributed by atoms with Crippen molar-refractivity contribution in [1.82, 2.24) is 29.0 Å². The Morgan fingerprint density at radius 3 is 2.79 bits per heavy atom. The first-order valence-electron chi connectivity index (χ1n) is 9.45. The number of carbonyl (C=O) groups excluding carboxylic acids is 1. The van der Waals surface area contributed by atoms with Crippen LogP contribution < -0.4 is 0 Å². The quantitative estimate of drug-likeness (QED) is 0.552. The maximum absolute atomic E-state index is 12.3. The van der Waals surface area contributed by atoms with E-state index in [1.807, 2.05) is 66.9 Å². The number of aromatic nitrogens is 5. The van der Waals surface area contributed by atoms with Crippen LogP contribution in [0.2, 0.25) is 0 Å². The molecule has 0 saturated carbocycles. The molecule has 0 N–H and O–H groups in total. The number of likely N-dealkylation sites (N-methyl/N-ethyl adjacent to an activating group) is 1. The molecule has 7 nitrogen and oxygen atoms in total. The maximum atomic E-state index is 12.3. The molecule has 1 fully saturated rings. The molecule has 0 spiro atoms. The maximum Gasteiger partial charge on any atom is 0.224 e. The minimum Gasteiger partial charge on any atom is -0.341 e. The van der Waals surface area contributed by atoms with Gasteiger partial charge in [0.05, 0.1) is 35.5 Å². The average molecular weight is 372 g/mol. The molecule has 7 heteroatoms. The summed E-state index contributed by atoms with van der Waals surface area (Å²) in [7, 11) is 0. The third-order valence-corrected chi connectivity index (χ3v) is 5.34. The molecule has 0 bridgehead atoms. The van der Waals surface area contributed by atoms with Gasteiger partial charge in [-0.2, -0.15) is 5.10 Å². The number of hydrogen-bond donors (Lipinski definition) is 0. The highest BCUT2D eigenvalue weighted by molar-refractivity contribution is 5.86. The molecule has 0 unspecified atom stereocenters. The van der Waals surface area contributed by atoms with Gasteiger partial charge in [0, 0.05) is 37.5 Å². The van der Waals surface area contributed by atoms with E-state index in [1.165, 1.54) is 0 Å². The van der Waals surface area contributed by atoms with Crippen molar-refractivity contribution >= 4 is 11.6 Å². The fraction of sp³-hybridized carbons (Fsp3) is 0.238. The number of carbonyl (C=O) groups is 1. The summed E-state index contributed by atoms with van der Waals surface area (Å²) in [5.74, 6) is 0.186. The highest BCUT2D eigenvalue weighted by atomic mass is 16.2. The van der Waals surface area contributed by atoms with Crippen molar-refractivity contribution in [2.75, 3.05) is 13.1 Å². The van der Waals surface area contributed by atoms with Crippen LogP contribution in [0.5, 0.6) is 0 Å². The van der Waals surface area contributed by atoms with E-state index < -0.39 is 0 Å². The van der Waals surface area contributed by atoms with Crippen molar-refractivity contribution in [3.8, 4) is 22.5 Å². The molecule has 140 valence electrons. The third-order valence-electron chi connectivity index (χ3n) is 5.34. The van der Waals surface area contributed by atoms with Gasteiger partial charge in [0.1, 0.15) is 0 Å². The lowest BCUT2D eigenvalue weighted by atomic mass is 10.1. The lowest BCUT2D eigenvalue weighted by Gasteiger charge is -2.17. The van der Waals surface area contributed by atoms with Crippen LogP contribution in [0.4, 0.5) is 0 Å². The lowest BCUT2D eigenvalue weighted by Crippen LogP contribution is -2.24. The minimum atomic E-state index is 0.0473. The van der Waals surface area contributed by atoms with Crippen LogP contribution in [-0.2, 0) is 4.79 Å². The second kappa shape index (κ2) is 6.60. The fourth-order valence-electron chi connectivity index (χ4n) is 3.95. The van der Waals surface area contributed by atoms with Gasteiger partial charge in [-0.1, -0.05) is 30.3 Å². The average Bonchev–Trinajstić information content (AvgIpc) is 3.44. The van der Waals surface area contributed by atoms with E-state index >= 15 is 0 Å². The standard InChI is InChI=1S/C21H20N6O/c1-2-25-13-16(11-18(25)28)26-14-23-19(15-7-4-3-5-8-15)20(26)17-12-24-27-10-6-9-22-21(17)27/h3-10,12,14,16H,2,11,13H2,1H3/t16-/m1/s1. The molecule has 4 heterocycles. The molecule has 1 atom stereocenters. The van der Waals surface area contributed by atoms with E-state index in [-0.39, 0.29) is 11.9 Å². The second-order valence-corrected chi connectivity index (χ2v) is 6.95. The van der Waals surface area contributed by atoms with Crippen molar-refractivity contribution in [1.29, 1.82) is 0 Å². The van der Waals surface area contributed by atoms with Gasteiger partial charge in [0.2, 0.25) is 5.91 Å². The van der Waals surface area contributed by atoms with Crippen LogP contribution >= 0.6 is 0 Å². The van der Waals surface area contributed by atoms with E-state index in [0.717, 1.165) is 34.7 Å². The number of hydrogen-bond acceptors (Lipinski definition) is 4. The van der Waals surface area contributed by atoms with Crippen LogP contribution in [0.1, 0.15) is 19.4 Å². The molecule has 1 aliphatic rings. The van der Waals surface area contributed by atoms with Crippen LogP contribution in [0.25, 0.3) is 28.2 Å². The Bertz CT molecular complexity index is 1150. The van der Waals surface area contributed by atoms with E-state index in [1.54, 1.807) is 10.7 Å². The number of imidazole rings is 1. The van der Waals surface area contributed by atoms with Crippen LogP contribution in [-0.4, -0.2) is 48.0 Å². The molecular formula is C21H20N6O. The van der Waals surface area contributed by atoms with Gasteiger partial charge in [0.15, 0.2) is 5.65 Å². The number of nitrogens with zero attached hydrogens (tertiary/aromatic N) is 6. The van der Waals surface area contributed by atoms with Gasteiger partial charge in [-0.15, -0.1) is 0 Å². The number of fused-ring (bicyclic) bond motifs is 1. The van der Waals surface area contributed by atoms with Gasteiger partial charge in [-0.05, 0) is 13.0 Å². The lowest BCUT2D eigenvalue weighted by molar-refractivity contribution is -0.127. The molecule has 1 aliphatic heterocycles. The minimum absolute atomic E-state index is 0.0473. The van der Waals surface area contributed by atoms with E-state index in [9.17, 15) is 4.79 Å². The summed E-state index contributed by atoms with van der Waals surface area (Å²) >= 11 is 0. The molecule has 5 rings (SSSR count). The number of benzene rings is 1. The first-order chi connectivity index (χ1) is 13.8. The number of likely N-dealkylation sites (tertiary alicyclic amines) is 1. The summed E-state index contributed by atoms with van der Waals surface area (Å²) in [4.78, 5) is 23.5. The Labute approximate surface area is 162 Å². The van der Waals surface area contributed by atoms with Crippen molar-refractivity contribution < 1.29 is 4.79 Å². The van der Waals surface area contributed by atoms with Crippen molar-refractivity contribution in [3.63, 3.8) is 0 Å². The van der Waals surface area contributed by atoms with E-state index in [0.29, 0.717) is 13.0 Å². The zero-order valence-corrected chi connectivity index (χ0v) is 15.6. The molecule has 0 aliphatic carbocycles. The molecule has 3 aromatic heterocycles. The summed E-state index contributed by atoms with van der Waals surface area (Å²) in [6, 6.07) is 12.0. The topological polar surface area (TPSA) is 68.3 Å². The summed E-state index contributed by atoms with van der Waals surface area (Å²) < 4.78 is 3.89. The van der Waals surface area contributed by atoms with Crippen LogP contribution in [0.15, 0.2) is 61.3 Å².